The van der Waals surface area contributed by atoms with E-state index in [1.54, 1.807) is 7.11 Å². The van der Waals surface area contributed by atoms with Crippen molar-refractivity contribution in [3.05, 3.63) is 29.8 Å². The molecule has 3 nitrogen and oxygen atoms in total. The lowest BCUT2D eigenvalue weighted by Crippen LogP contribution is -2.22. The second-order valence-electron chi connectivity index (χ2n) is 4.61. The Morgan fingerprint density at radius 2 is 2.12 bits per heavy atom. The number of ether oxygens (including phenoxy) is 1. The van der Waals surface area contributed by atoms with E-state index in [-0.39, 0.29) is 6.10 Å². The molecule has 0 amide bonds. The summed E-state index contributed by atoms with van der Waals surface area (Å²) in [4.78, 5) is 2.33. The monoisotopic (exact) mass is 235 g/mol. The van der Waals surface area contributed by atoms with Crippen LogP contribution < -0.4 is 4.90 Å². The highest BCUT2D eigenvalue weighted by molar-refractivity contribution is 5.49. The van der Waals surface area contributed by atoms with Gasteiger partial charge in [-0.3, -0.25) is 0 Å². The maximum atomic E-state index is 9.73. The van der Waals surface area contributed by atoms with Crippen LogP contribution in [0.15, 0.2) is 24.3 Å². The Morgan fingerprint density at radius 1 is 1.41 bits per heavy atom. The van der Waals surface area contributed by atoms with Crippen molar-refractivity contribution >= 4 is 5.69 Å². The van der Waals surface area contributed by atoms with Crippen LogP contribution in [0.2, 0.25) is 0 Å². The molecule has 0 bridgehead atoms. The third-order valence-corrected chi connectivity index (χ3v) is 3.51. The Hall–Kier alpha value is -1.06. The van der Waals surface area contributed by atoms with E-state index < -0.39 is 0 Å². The number of hydrogen-bond acceptors (Lipinski definition) is 3. The van der Waals surface area contributed by atoms with Crippen LogP contribution in [0.3, 0.4) is 0 Å². The molecule has 2 atom stereocenters. The molecule has 0 spiro atoms. The van der Waals surface area contributed by atoms with Gasteiger partial charge in [0, 0.05) is 25.9 Å². The summed E-state index contributed by atoms with van der Waals surface area (Å²) < 4.78 is 5.36. The molecule has 0 radical (unpaired) electrons. The summed E-state index contributed by atoms with van der Waals surface area (Å²) in [6.07, 6.45) is 1.87. The first-order valence-electron chi connectivity index (χ1n) is 6.30. The van der Waals surface area contributed by atoms with Crippen molar-refractivity contribution in [3.8, 4) is 0 Å². The lowest BCUT2D eigenvalue weighted by molar-refractivity contribution is 0.121. The van der Waals surface area contributed by atoms with E-state index in [0.29, 0.717) is 6.10 Å². The highest BCUT2D eigenvalue weighted by atomic mass is 16.5. The van der Waals surface area contributed by atoms with Crippen LogP contribution in [0, 0.1) is 0 Å². The van der Waals surface area contributed by atoms with Gasteiger partial charge in [0.05, 0.1) is 12.2 Å². The van der Waals surface area contributed by atoms with Crippen molar-refractivity contribution in [2.24, 2.45) is 0 Å². The minimum atomic E-state index is -0.339. The molecular formula is C14H21NO2. The van der Waals surface area contributed by atoms with Gasteiger partial charge in [0.2, 0.25) is 0 Å². The number of methoxy groups -OCH3 is 1. The zero-order valence-corrected chi connectivity index (χ0v) is 10.6. The van der Waals surface area contributed by atoms with Gasteiger partial charge in [0.15, 0.2) is 0 Å². The van der Waals surface area contributed by atoms with Gasteiger partial charge in [0.25, 0.3) is 0 Å². The molecule has 1 saturated heterocycles. The molecule has 3 heteroatoms. The summed E-state index contributed by atoms with van der Waals surface area (Å²) in [5.74, 6) is 0. The minimum absolute atomic E-state index is 0.339. The topological polar surface area (TPSA) is 32.7 Å². The average molecular weight is 235 g/mol. The maximum absolute atomic E-state index is 9.73. The smallest absolute Gasteiger partial charge is 0.0787 e. The fourth-order valence-electron chi connectivity index (χ4n) is 2.30. The molecular weight excluding hydrogens is 214 g/mol. The molecule has 2 unspecified atom stereocenters. The average Bonchev–Trinajstić information content (AvgIpc) is 2.87. The van der Waals surface area contributed by atoms with Crippen LogP contribution >= 0.6 is 0 Å². The number of nitrogens with zero attached hydrogens (tertiary/aromatic N) is 1. The summed E-state index contributed by atoms with van der Waals surface area (Å²) in [6, 6.07) is 8.21. The second-order valence-corrected chi connectivity index (χ2v) is 4.61. The summed E-state index contributed by atoms with van der Waals surface area (Å²) in [6.45, 7) is 4.00. The zero-order valence-electron chi connectivity index (χ0n) is 10.6. The van der Waals surface area contributed by atoms with Crippen molar-refractivity contribution < 1.29 is 9.84 Å². The van der Waals surface area contributed by atoms with Crippen LogP contribution in [-0.2, 0) is 4.74 Å². The third-order valence-electron chi connectivity index (χ3n) is 3.51. The molecule has 1 N–H and O–H groups in total. The van der Waals surface area contributed by atoms with Gasteiger partial charge in [-0.25, -0.2) is 0 Å². The van der Waals surface area contributed by atoms with Gasteiger partial charge in [0.1, 0.15) is 0 Å². The number of aliphatic hydroxyl groups excluding tert-OH is 1. The number of benzene rings is 1. The molecule has 17 heavy (non-hydrogen) atoms. The molecule has 94 valence electrons. The van der Waals surface area contributed by atoms with Crippen LogP contribution in [-0.4, -0.2) is 31.4 Å². The normalized spacial score (nSPS) is 21.8. The number of aliphatic hydroxyl groups is 1. The van der Waals surface area contributed by atoms with Crippen LogP contribution in [0.4, 0.5) is 5.69 Å². The van der Waals surface area contributed by atoms with Crippen LogP contribution in [0.25, 0.3) is 0 Å². The highest BCUT2D eigenvalue weighted by Crippen LogP contribution is 2.24. The van der Waals surface area contributed by atoms with E-state index in [1.807, 2.05) is 19.1 Å². The summed E-state index contributed by atoms with van der Waals surface area (Å²) in [5, 5.41) is 9.73. The highest BCUT2D eigenvalue weighted by Gasteiger charge is 2.22. The SMILES string of the molecule is CCC(O)c1ccc(N2CCC(OC)C2)cc1. The standard InChI is InChI=1S/C14H21NO2/c1-3-14(16)11-4-6-12(7-5-11)15-9-8-13(10-15)17-2/h4-7,13-14,16H,3,8-10H2,1-2H3. The van der Waals surface area contributed by atoms with E-state index in [4.69, 9.17) is 4.74 Å². The Morgan fingerprint density at radius 3 is 2.65 bits per heavy atom. The predicted octanol–water partition coefficient (Wildman–Crippen LogP) is 2.36. The molecule has 1 aromatic rings. The van der Waals surface area contributed by atoms with Gasteiger partial charge in [-0.05, 0) is 30.5 Å². The molecule has 1 heterocycles. The first-order chi connectivity index (χ1) is 8.24. The number of anilines is 1. The molecule has 2 rings (SSSR count). The third kappa shape index (κ3) is 2.79. The summed E-state index contributed by atoms with van der Waals surface area (Å²) in [7, 11) is 1.77. The quantitative estimate of drug-likeness (QED) is 0.869. The van der Waals surface area contributed by atoms with E-state index >= 15 is 0 Å². The van der Waals surface area contributed by atoms with Crippen molar-refractivity contribution in [1.29, 1.82) is 0 Å². The Kier molecular flexibility index (Phi) is 4.02. The molecule has 0 aromatic heterocycles. The van der Waals surface area contributed by atoms with Gasteiger partial charge in [-0.15, -0.1) is 0 Å². The first kappa shape index (κ1) is 12.4. The summed E-state index contributed by atoms with van der Waals surface area (Å²) in [5.41, 5.74) is 2.22. The van der Waals surface area contributed by atoms with E-state index in [2.05, 4.69) is 17.0 Å². The van der Waals surface area contributed by atoms with E-state index in [9.17, 15) is 5.11 Å². The first-order valence-corrected chi connectivity index (χ1v) is 6.30. The Labute approximate surface area is 103 Å². The lowest BCUT2D eigenvalue weighted by atomic mass is 10.1. The van der Waals surface area contributed by atoms with Gasteiger partial charge in [-0.1, -0.05) is 19.1 Å². The molecule has 0 saturated carbocycles. The molecule has 1 aromatic carbocycles. The van der Waals surface area contributed by atoms with Crippen LogP contribution in [0.5, 0.6) is 0 Å². The minimum Gasteiger partial charge on any atom is -0.388 e. The van der Waals surface area contributed by atoms with Gasteiger partial charge >= 0.3 is 0 Å². The van der Waals surface area contributed by atoms with Crippen molar-refractivity contribution in [2.45, 2.75) is 32.0 Å². The molecule has 1 aliphatic rings. The fourth-order valence-corrected chi connectivity index (χ4v) is 2.30. The number of rotatable bonds is 4. The van der Waals surface area contributed by atoms with E-state index in [0.717, 1.165) is 31.5 Å². The van der Waals surface area contributed by atoms with Gasteiger partial charge < -0.3 is 14.7 Å². The molecule has 1 fully saturated rings. The predicted molar refractivity (Wildman–Crippen MR) is 69.3 cm³/mol. The fraction of sp³-hybridized carbons (Fsp3) is 0.571. The lowest BCUT2D eigenvalue weighted by Gasteiger charge is -2.19. The van der Waals surface area contributed by atoms with Crippen LogP contribution in [0.1, 0.15) is 31.4 Å². The van der Waals surface area contributed by atoms with Gasteiger partial charge in [-0.2, -0.15) is 0 Å². The van der Waals surface area contributed by atoms with Crippen molar-refractivity contribution in [2.75, 3.05) is 25.1 Å². The molecule has 1 aliphatic heterocycles. The molecule has 0 aliphatic carbocycles. The second kappa shape index (κ2) is 5.52. The largest absolute Gasteiger partial charge is 0.388 e. The Balaban J connectivity index is 2.03. The van der Waals surface area contributed by atoms with Crippen molar-refractivity contribution in [1.82, 2.24) is 0 Å². The maximum Gasteiger partial charge on any atom is 0.0787 e. The van der Waals surface area contributed by atoms with E-state index in [1.165, 1.54) is 5.69 Å². The Bertz CT molecular complexity index is 350. The number of hydrogen-bond donors (Lipinski definition) is 1. The zero-order chi connectivity index (χ0) is 12.3. The van der Waals surface area contributed by atoms with Crippen molar-refractivity contribution in [3.63, 3.8) is 0 Å². The summed E-state index contributed by atoms with van der Waals surface area (Å²) >= 11 is 0.